The van der Waals surface area contributed by atoms with Gasteiger partial charge in [0.1, 0.15) is 0 Å². The summed E-state index contributed by atoms with van der Waals surface area (Å²) in [6, 6.07) is 18.6. The maximum absolute atomic E-state index is 12.8. The summed E-state index contributed by atoms with van der Waals surface area (Å²) in [6.45, 7) is 0. The molecule has 4 nitrogen and oxygen atoms in total. The Morgan fingerprint density at radius 2 is 1.74 bits per heavy atom. The van der Waals surface area contributed by atoms with Crippen LogP contribution in [0.5, 0.6) is 0 Å². The Balaban J connectivity index is 1.70. The molecule has 4 rings (SSSR count). The Morgan fingerprint density at radius 3 is 2.48 bits per heavy atom. The molecular weight excluding hydrogens is 380 g/mol. The van der Waals surface area contributed by atoms with E-state index in [0.717, 1.165) is 10.8 Å². The fourth-order valence-electron chi connectivity index (χ4n) is 2.96. The van der Waals surface area contributed by atoms with E-state index in [0.29, 0.717) is 26.6 Å². The number of hydrogen-bond donors (Lipinski definition) is 0. The van der Waals surface area contributed by atoms with Gasteiger partial charge in [0, 0.05) is 12.6 Å². The topological polar surface area (TPSA) is 52.0 Å². The van der Waals surface area contributed by atoms with Crippen LogP contribution >= 0.6 is 23.4 Å². The van der Waals surface area contributed by atoms with Gasteiger partial charge in [0.15, 0.2) is 10.9 Å². The molecule has 0 N–H and O–H groups in total. The molecule has 27 heavy (non-hydrogen) atoms. The normalized spacial score (nSPS) is 11.2. The molecule has 4 aromatic rings. The number of hydrogen-bond acceptors (Lipinski definition) is 4. The Morgan fingerprint density at radius 1 is 1.07 bits per heavy atom. The number of fused-ring (bicyclic) bond motifs is 2. The van der Waals surface area contributed by atoms with Crippen LogP contribution in [0.3, 0.4) is 0 Å². The van der Waals surface area contributed by atoms with Crippen LogP contribution in [0.4, 0.5) is 0 Å². The van der Waals surface area contributed by atoms with Crippen molar-refractivity contribution in [1.82, 2.24) is 9.55 Å². The smallest absolute Gasteiger partial charge is 0.261 e. The van der Waals surface area contributed by atoms with E-state index in [4.69, 9.17) is 11.6 Å². The van der Waals surface area contributed by atoms with Gasteiger partial charge in [-0.05, 0) is 35.0 Å². The molecule has 1 aromatic heterocycles. The quantitative estimate of drug-likeness (QED) is 0.217. The van der Waals surface area contributed by atoms with Crippen LogP contribution in [0, 0.1) is 0 Å². The second-order valence-electron chi connectivity index (χ2n) is 6.17. The third-order valence-electron chi connectivity index (χ3n) is 4.41. The molecule has 0 aliphatic heterocycles. The van der Waals surface area contributed by atoms with Gasteiger partial charge < -0.3 is 0 Å². The zero-order valence-corrected chi connectivity index (χ0v) is 16.1. The molecule has 1 heterocycles. The summed E-state index contributed by atoms with van der Waals surface area (Å²) >= 11 is 7.33. The molecule has 0 aliphatic carbocycles. The lowest BCUT2D eigenvalue weighted by molar-refractivity contribution is 0.102. The molecule has 3 aromatic carbocycles. The number of carbonyl (C=O) groups is 1. The number of benzene rings is 3. The van der Waals surface area contributed by atoms with Gasteiger partial charge in [-0.25, -0.2) is 4.98 Å². The highest BCUT2D eigenvalue weighted by Gasteiger charge is 2.14. The zero-order valence-electron chi connectivity index (χ0n) is 14.5. The van der Waals surface area contributed by atoms with Crippen molar-refractivity contribution in [3.8, 4) is 0 Å². The van der Waals surface area contributed by atoms with Crippen molar-refractivity contribution in [3.63, 3.8) is 0 Å². The monoisotopic (exact) mass is 394 g/mol. The van der Waals surface area contributed by atoms with E-state index in [-0.39, 0.29) is 17.1 Å². The van der Waals surface area contributed by atoms with Crippen molar-refractivity contribution < 1.29 is 4.79 Å². The Bertz CT molecular complexity index is 1250. The van der Waals surface area contributed by atoms with Crippen LogP contribution in [0.15, 0.2) is 70.6 Å². The molecule has 0 fully saturated rings. The summed E-state index contributed by atoms with van der Waals surface area (Å²) in [7, 11) is 1.67. The van der Waals surface area contributed by atoms with Crippen molar-refractivity contribution in [2.45, 2.75) is 5.16 Å². The summed E-state index contributed by atoms with van der Waals surface area (Å²) in [5, 5.41) is 3.52. The van der Waals surface area contributed by atoms with Gasteiger partial charge in [-0.3, -0.25) is 14.2 Å². The van der Waals surface area contributed by atoms with E-state index in [1.165, 1.54) is 16.3 Å². The lowest BCUT2D eigenvalue weighted by atomic mass is 10.1. The molecule has 6 heteroatoms. The third-order valence-corrected chi connectivity index (χ3v) is 5.77. The van der Waals surface area contributed by atoms with E-state index in [2.05, 4.69) is 4.98 Å². The number of carbonyl (C=O) groups excluding carboxylic acids is 1. The molecular formula is C21H15ClN2O2S. The Kier molecular flexibility index (Phi) is 4.72. The van der Waals surface area contributed by atoms with Gasteiger partial charge in [0.05, 0.1) is 21.7 Å². The average Bonchev–Trinajstić information content (AvgIpc) is 2.68. The zero-order chi connectivity index (χ0) is 19.0. The highest BCUT2D eigenvalue weighted by Crippen LogP contribution is 2.24. The van der Waals surface area contributed by atoms with Gasteiger partial charge in [0.2, 0.25) is 0 Å². The SMILES string of the molecule is Cn1c(SCC(=O)c2ccccc2Cl)nc2cc3ccccc3cc2c1=O. The first-order chi connectivity index (χ1) is 13.0. The van der Waals surface area contributed by atoms with Gasteiger partial charge in [-0.1, -0.05) is 59.8 Å². The van der Waals surface area contributed by atoms with E-state index in [1.807, 2.05) is 36.4 Å². The average molecular weight is 395 g/mol. The highest BCUT2D eigenvalue weighted by atomic mass is 35.5. The van der Waals surface area contributed by atoms with Crippen molar-refractivity contribution in [2.75, 3.05) is 5.75 Å². The number of Topliss-reactive ketones (excluding diaryl/α,β-unsaturated/α-hetero) is 1. The summed E-state index contributed by atoms with van der Waals surface area (Å²) in [6.07, 6.45) is 0. The third kappa shape index (κ3) is 3.36. The van der Waals surface area contributed by atoms with Crippen molar-refractivity contribution >= 4 is 50.8 Å². The van der Waals surface area contributed by atoms with Crippen LogP contribution in [-0.2, 0) is 7.05 Å². The molecule has 0 saturated heterocycles. The van der Waals surface area contributed by atoms with Crippen molar-refractivity contribution in [3.05, 3.63) is 81.6 Å². The van der Waals surface area contributed by atoms with Crippen molar-refractivity contribution in [1.29, 1.82) is 0 Å². The first-order valence-corrected chi connectivity index (χ1v) is 9.71. The van der Waals surface area contributed by atoms with Crippen LogP contribution in [0.25, 0.3) is 21.7 Å². The first kappa shape index (κ1) is 17.8. The van der Waals surface area contributed by atoms with Crippen LogP contribution in [-0.4, -0.2) is 21.1 Å². The van der Waals surface area contributed by atoms with Gasteiger partial charge in [-0.2, -0.15) is 0 Å². The molecule has 0 aliphatic rings. The van der Waals surface area contributed by atoms with Crippen LogP contribution in [0.2, 0.25) is 5.02 Å². The minimum atomic E-state index is -0.126. The van der Waals surface area contributed by atoms with Gasteiger partial charge >= 0.3 is 0 Å². The number of aromatic nitrogens is 2. The lowest BCUT2D eigenvalue weighted by Gasteiger charge is -2.10. The van der Waals surface area contributed by atoms with Gasteiger partial charge in [-0.15, -0.1) is 0 Å². The number of rotatable bonds is 4. The minimum Gasteiger partial charge on any atom is -0.293 e. The molecule has 0 bridgehead atoms. The molecule has 0 unspecified atom stereocenters. The number of nitrogens with zero attached hydrogens (tertiary/aromatic N) is 2. The van der Waals surface area contributed by atoms with E-state index in [1.54, 1.807) is 31.3 Å². The molecule has 0 spiro atoms. The van der Waals surface area contributed by atoms with E-state index in [9.17, 15) is 9.59 Å². The summed E-state index contributed by atoms with van der Waals surface area (Å²) < 4.78 is 1.49. The fraction of sp³-hybridized carbons (Fsp3) is 0.0952. The molecule has 134 valence electrons. The maximum atomic E-state index is 12.8. The predicted molar refractivity (Wildman–Crippen MR) is 111 cm³/mol. The van der Waals surface area contributed by atoms with E-state index < -0.39 is 0 Å². The maximum Gasteiger partial charge on any atom is 0.261 e. The second-order valence-corrected chi connectivity index (χ2v) is 7.52. The predicted octanol–water partition coefficient (Wildman–Crippen LogP) is 4.72. The minimum absolute atomic E-state index is 0.0987. The van der Waals surface area contributed by atoms with Crippen LogP contribution in [0.1, 0.15) is 10.4 Å². The summed E-state index contributed by atoms with van der Waals surface area (Å²) in [5.41, 5.74) is 0.978. The first-order valence-electron chi connectivity index (χ1n) is 8.34. The second kappa shape index (κ2) is 7.18. The number of halogens is 1. The molecule has 0 atom stereocenters. The lowest BCUT2D eigenvalue weighted by Crippen LogP contribution is -2.20. The van der Waals surface area contributed by atoms with Crippen molar-refractivity contribution in [2.24, 2.45) is 7.05 Å². The molecule has 0 saturated carbocycles. The molecule has 0 amide bonds. The number of thioether (sulfide) groups is 1. The summed E-state index contributed by atoms with van der Waals surface area (Å²) in [5.74, 6) is 0.0572. The number of ketones is 1. The Hall–Kier alpha value is -2.63. The van der Waals surface area contributed by atoms with Gasteiger partial charge in [0.25, 0.3) is 5.56 Å². The highest BCUT2D eigenvalue weighted by molar-refractivity contribution is 7.99. The summed E-state index contributed by atoms with van der Waals surface area (Å²) in [4.78, 5) is 29.8. The molecule has 0 radical (unpaired) electrons. The Labute approximate surface area is 164 Å². The van der Waals surface area contributed by atoms with Crippen LogP contribution < -0.4 is 5.56 Å². The standard InChI is InChI=1S/C21H15ClN2O2S/c1-24-20(26)16-10-13-6-2-3-7-14(13)11-18(16)23-21(24)27-12-19(25)15-8-4-5-9-17(15)22/h2-11H,12H2,1H3. The largest absolute Gasteiger partial charge is 0.293 e. The fourth-order valence-corrected chi connectivity index (χ4v) is 4.06. The van der Waals surface area contributed by atoms with E-state index >= 15 is 0 Å².